The lowest BCUT2D eigenvalue weighted by atomic mass is 10.1. The molecule has 0 aromatic heterocycles. The number of nitro groups is 1. The third-order valence-electron chi connectivity index (χ3n) is 2.97. The monoisotopic (exact) mass is 345 g/mol. The molecule has 0 aliphatic heterocycles. The molecule has 2 aromatic carbocycles. The molecule has 4 nitrogen and oxygen atoms in total. The molecule has 0 aliphatic rings. The van der Waals surface area contributed by atoms with Gasteiger partial charge in [-0.2, -0.15) is 13.2 Å². The Hall–Kier alpha value is -2.28. The molecule has 0 amide bonds. The summed E-state index contributed by atoms with van der Waals surface area (Å²) in [7, 11) is 0. The third-order valence-corrected chi connectivity index (χ3v) is 3.29. The lowest BCUT2D eigenvalue weighted by Gasteiger charge is -2.12. The van der Waals surface area contributed by atoms with E-state index in [1.165, 1.54) is 0 Å². The Morgan fingerprint density at radius 2 is 1.65 bits per heavy atom. The largest absolute Gasteiger partial charge is 0.450 e. The van der Waals surface area contributed by atoms with Gasteiger partial charge in [-0.1, -0.05) is 17.7 Å². The van der Waals surface area contributed by atoms with Crippen LogP contribution in [0.4, 0.5) is 18.9 Å². The van der Waals surface area contributed by atoms with E-state index < -0.39 is 27.4 Å². The Labute approximate surface area is 134 Å². The zero-order valence-electron chi connectivity index (χ0n) is 12.1. The van der Waals surface area contributed by atoms with Crippen LogP contribution >= 0.6 is 11.6 Å². The second kappa shape index (κ2) is 6.08. The van der Waals surface area contributed by atoms with E-state index in [9.17, 15) is 23.3 Å². The predicted octanol–water partition coefficient (Wildman–Crippen LogP) is 5.68. The highest BCUT2D eigenvalue weighted by atomic mass is 35.5. The Bertz CT molecular complexity index is 755. The fourth-order valence-corrected chi connectivity index (χ4v) is 2.36. The first-order valence-corrected chi connectivity index (χ1v) is 6.77. The number of halogens is 4. The van der Waals surface area contributed by atoms with Gasteiger partial charge in [-0.3, -0.25) is 10.1 Å². The normalized spacial score (nSPS) is 11.4. The summed E-state index contributed by atoms with van der Waals surface area (Å²) in [6.45, 7) is 3.60. The molecular formula is C15H11ClF3NO3. The minimum atomic E-state index is -4.79. The van der Waals surface area contributed by atoms with E-state index in [2.05, 4.69) is 0 Å². The van der Waals surface area contributed by atoms with Crippen molar-refractivity contribution in [2.24, 2.45) is 0 Å². The molecule has 0 N–H and O–H groups in total. The predicted molar refractivity (Wildman–Crippen MR) is 79.1 cm³/mol. The minimum Gasteiger partial charge on any atom is -0.450 e. The zero-order valence-corrected chi connectivity index (χ0v) is 12.8. The van der Waals surface area contributed by atoms with Crippen molar-refractivity contribution in [3.63, 3.8) is 0 Å². The van der Waals surface area contributed by atoms with E-state index in [1.807, 2.05) is 6.07 Å². The van der Waals surface area contributed by atoms with Crippen LogP contribution in [0.25, 0.3) is 0 Å². The smallest absolute Gasteiger partial charge is 0.418 e. The van der Waals surface area contributed by atoms with E-state index in [0.29, 0.717) is 6.07 Å². The summed E-state index contributed by atoms with van der Waals surface area (Å²) in [5.74, 6) is -0.0700. The maximum Gasteiger partial charge on any atom is 0.418 e. The average molecular weight is 346 g/mol. The molecule has 23 heavy (non-hydrogen) atoms. The van der Waals surface area contributed by atoms with Gasteiger partial charge in [0, 0.05) is 12.1 Å². The van der Waals surface area contributed by atoms with Gasteiger partial charge in [0.1, 0.15) is 5.75 Å². The van der Waals surface area contributed by atoms with Crippen LogP contribution in [0.3, 0.4) is 0 Å². The fraction of sp³-hybridized carbons (Fsp3) is 0.200. The number of ether oxygens (including phenoxy) is 1. The minimum absolute atomic E-state index is 0.279. The molecule has 2 aromatic rings. The molecule has 8 heteroatoms. The number of hydrogen-bond donors (Lipinski definition) is 0. The number of nitrogens with zero attached hydrogens (tertiary/aromatic N) is 1. The first kappa shape index (κ1) is 17.1. The van der Waals surface area contributed by atoms with E-state index >= 15 is 0 Å². The van der Waals surface area contributed by atoms with Crippen LogP contribution < -0.4 is 4.74 Å². The topological polar surface area (TPSA) is 52.4 Å². The molecular weight excluding hydrogens is 335 g/mol. The summed E-state index contributed by atoms with van der Waals surface area (Å²) in [4.78, 5) is 10.1. The molecule has 0 unspecified atom stereocenters. The molecule has 0 saturated heterocycles. The maximum absolute atomic E-state index is 12.8. The highest BCUT2D eigenvalue weighted by Gasteiger charge is 2.36. The highest BCUT2D eigenvalue weighted by molar-refractivity contribution is 6.31. The van der Waals surface area contributed by atoms with Crippen LogP contribution in [-0.4, -0.2) is 4.92 Å². The lowest BCUT2D eigenvalue weighted by Crippen LogP contribution is -2.07. The SMILES string of the molecule is Cc1cc(C)cc(Oc2cc(Cl)c(C(F)(F)F)cc2[N+](=O)[O-])c1. The molecule has 0 bridgehead atoms. The highest BCUT2D eigenvalue weighted by Crippen LogP contribution is 2.42. The summed E-state index contributed by atoms with van der Waals surface area (Å²) in [5, 5.41) is 10.4. The summed E-state index contributed by atoms with van der Waals surface area (Å²) in [6.07, 6.45) is -4.79. The van der Waals surface area contributed by atoms with Crippen LogP contribution in [0.15, 0.2) is 30.3 Å². The van der Waals surface area contributed by atoms with Gasteiger partial charge in [0.05, 0.1) is 15.5 Å². The quantitative estimate of drug-likeness (QED) is 0.531. The van der Waals surface area contributed by atoms with E-state index in [0.717, 1.165) is 17.2 Å². The molecule has 0 spiro atoms. The van der Waals surface area contributed by atoms with Gasteiger partial charge < -0.3 is 4.74 Å². The number of hydrogen-bond acceptors (Lipinski definition) is 3. The molecule has 2 rings (SSSR count). The number of alkyl halides is 3. The van der Waals surface area contributed by atoms with Gasteiger partial charge in [0.15, 0.2) is 0 Å². The number of benzene rings is 2. The Balaban J connectivity index is 2.53. The lowest BCUT2D eigenvalue weighted by molar-refractivity contribution is -0.385. The van der Waals surface area contributed by atoms with Crippen molar-refractivity contribution in [2.75, 3.05) is 0 Å². The van der Waals surface area contributed by atoms with Crippen molar-refractivity contribution in [3.05, 3.63) is 62.2 Å². The molecule has 0 saturated carbocycles. The standard InChI is InChI=1S/C15H11ClF3NO3/c1-8-3-9(2)5-10(4-8)23-14-7-12(16)11(15(17,18)19)6-13(14)20(21)22/h3-7H,1-2H3. The Morgan fingerprint density at radius 3 is 2.13 bits per heavy atom. The first-order valence-electron chi connectivity index (χ1n) is 6.39. The second-order valence-corrected chi connectivity index (χ2v) is 5.39. The molecule has 0 fully saturated rings. The van der Waals surface area contributed by atoms with Gasteiger partial charge in [0.2, 0.25) is 5.75 Å². The summed E-state index contributed by atoms with van der Waals surface area (Å²) in [5.41, 5.74) is -0.388. The van der Waals surface area contributed by atoms with Crippen LogP contribution in [-0.2, 0) is 6.18 Å². The average Bonchev–Trinajstić information content (AvgIpc) is 2.35. The fourth-order valence-electron chi connectivity index (χ4n) is 2.10. The summed E-state index contributed by atoms with van der Waals surface area (Å²) >= 11 is 5.60. The van der Waals surface area contributed by atoms with Crippen molar-refractivity contribution in [1.29, 1.82) is 0 Å². The maximum atomic E-state index is 12.8. The third kappa shape index (κ3) is 3.92. The van der Waals surface area contributed by atoms with Crippen molar-refractivity contribution in [2.45, 2.75) is 20.0 Å². The second-order valence-electron chi connectivity index (χ2n) is 4.98. The first-order chi connectivity index (χ1) is 10.6. The van der Waals surface area contributed by atoms with Crippen LogP contribution in [0.5, 0.6) is 11.5 Å². The van der Waals surface area contributed by atoms with E-state index in [4.69, 9.17) is 16.3 Å². The van der Waals surface area contributed by atoms with Crippen LogP contribution in [0.1, 0.15) is 16.7 Å². The Kier molecular flexibility index (Phi) is 4.51. The van der Waals surface area contributed by atoms with Gasteiger partial charge in [0.25, 0.3) is 0 Å². The number of aryl methyl sites for hydroxylation is 2. The van der Waals surface area contributed by atoms with Crippen LogP contribution in [0.2, 0.25) is 5.02 Å². The summed E-state index contributed by atoms with van der Waals surface area (Å²) in [6, 6.07) is 6.27. The van der Waals surface area contributed by atoms with Crippen molar-refractivity contribution in [1.82, 2.24) is 0 Å². The van der Waals surface area contributed by atoms with Gasteiger partial charge >= 0.3 is 11.9 Å². The van der Waals surface area contributed by atoms with Gasteiger partial charge in [-0.25, -0.2) is 0 Å². The van der Waals surface area contributed by atoms with E-state index in [1.54, 1.807) is 26.0 Å². The van der Waals surface area contributed by atoms with E-state index in [-0.39, 0.29) is 11.5 Å². The Morgan fingerprint density at radius 1 is 1.09 bits per heavy atom. The van der Waals surface area contributed by atoms with Crippen molar-refractivity contribution >= 4 is 17.3 Å². The number of rotatable bonds is 3. The van der Waals surface area contributed by atoms with Gasteiger partial charge in [-0.05, 0) is 37.1 Å². The summed E-state index contributed by atoms with van der Waals surface area (Å²) < 4.78 is 43.8. The molecule has 0 atom stereocenters. The van der Waals surface area contributed by atoms with Crippen molar-refractivity contribution < 1.29 is 22.8 Å². The van der Waals surface area contributed by atoms with Crippen LogP contribution in [0, 0.1) is 24.0 Å². The molecule has 0 heterocycles. The number of nitro benzene ring substituents is 1. The molecule has 122 valence electrons. The van der Waals surface area contributed by atoms with Crippen molar-refractivity contribution in [3.8, 4) is 11.5 Å². The molecule has 0 radical (unpaired) electrons. The molecule has 0 aliphatic carbocycles. The van der Waals surface area contributed by atoms with Gasteiger partial charge in [-0.15, -0.1) is 0 Å². The zero-order chi connectivity index (χ0) is 17.4.